The number of nitrogens with zero attached hydrogens (tertiary/aromatic N) is 5. The minimum absolute atomic E-state index is 0.123. The summed E-state index contributed by atoms with van der Waals surface area (Å²) in [5.41, 5.74) is 0.882. The van der Waals surface area contributed by atoms with Crippen LogP contribution in [-0.2, 0) is 11.2 Å². The molecule has 114 valence electrons. The zero-order valence-corrected chi connectivity index (χ0v) is 13.4. The van der Waals surface area contributed by atoms with E-state index in [1.165, 1.54) is 0 Å². The summed E-state index contributed by atoms with van der Waals surface area (Å²) in [7, 11) is 2.07. The third kappa shape index (κ3) is 3.07. The van der Waals surface area contributed by atoms with Gasteiger partial charge in [0, 0.05) is 38.3 Å². The summed E-state index contributed by atoms with van der Waals surface area (Å²) in [4.78, 5) is 26.6. The number of piperazine rings is 1. The molecule has 1 aromatic rings. The maximum atomic E-state index is 12.4. The van der Waals surface area contributed by atoms with E-state index in [4.69, 9.17) is 23.2 Å². The monoisotopic (exact) mass is 329 g/mol. The molecule has 0 N–H and O–H groups in total. The summed E-state index contributed by atoms with van der Waals surface area (Å²) in [5, 5.41) is 0.511. The molecule has 1 saturated heterocycles. The van der Waals surface area contributed by atoms with Crippen LogP contribution in [0.5, 0.6) is 0 Å². The van der Waals surface area contributed by atoms with Crippen LogP contribution in [0, 0.1) is 0 Å². The second-order valence-corrected chi connectivity index (χ2v) is 6.14. The molecule has 3 rings (SSSR count). The van der Waals surface area contributed by atoms with Gasteiger partial charge in [0.05, 0.1) is 6.54 Å². The lowest BCUT2D eigenvalue weighted by atomic mass is 10.3. The van der Waals surface area contributed by atoms with Gasteiger partial charge >= 0.3 is 0 Å². The van der Waals surface area contributed by atoms with Crippen molar-refractivity contribution in [1.29, 1.82) is 0 Å². The van der Waals surface area contributed by atoms with Crippen LogP contribution in [0.2, 0.25) is 10.4 Å². The Kier molecular flexibility index (Phi) is 4.19. The number of carbonyl (C=O) groups is 1. The first-order chi connectivity index (χ1) is 10.0. The molecule has 0 bridgehead atoms. The van der Waals surface area contributed by atoms with Crippen LogP contribution < -0.4 is 4.90 Å². The summed E-state index contributed by atoms with van der Waals surface area (Å²) < 4.78 is 0. The van der Waals surface area contributed by atoms with Crippen LogP contribution in [0.15, 0.2) is 0 Å². The number of carbonyl (C=O) groups excluding carboxylic acids is 1. The second kappa shape index (κ2) is 5.94. The number of amides is 1. The maximum Gasteiger partial charge on any atom is 0.242 e. The minimum Gasteiger partial charge on any atom is -0.347 e. The number of likely N-dealkylation sites (N-methyl/N-ethyl adjacent to an activating group) is 1. The molecule has 21 heavy (non-hydrogen) atoms. The SMILES string of the molecule is CN1CCN(C(=O)CN2CCc3c(Cl)nc(Cl)nc32)CC1. The van der Waals surface area contributed by atoms with E-state index in [-0.39, 0.29) is 11.2 Å². The van der Waals surface area contributed by atoms with Crippen LogP contribution in [0.25, 0.3) is 0 Å². The van der Waals surface area contributed by atoms with Gasteiger partial charge < -0.3 is 14.7 Å². The molecule has 0 spiro atoms. The molecule has 3 heterocycles. The van der Waals surface area contributed by atoms with Crippen LogP contribution >= 0.6 is 23.2 Å². The second-order valence-electron chi connectivity index (χ2n) is 5.44. The Balaban J connectivity index is 1.69. The highest BCUT2D eigenvalue weighted by Crippen LogP contribution is 2.31. The van der Waals surface area contributed by atoms with Crippen molar-refractivity contribution in [3.63, 3.8) is 0 Å². The van der Waals surface area contributed by atoms with Gasteiger partial charge in [-0.1, -0.05) is 11.6 Å². The van der Waals surface area contributed by atoms with Crippen molar-refractivity contribution in [3.05, 3.63) is 16.0 Å². The van der Waals surface area contributed by atoms with Gasteiger partial charge in [0.1, 0.15) is 11.0 Å². The van der Waals surface area contributed by atoms with Gasteiger partial charge in [-0.2, -0.15) is 0 Å². The van der Waals surface area contributed by atoms with Crippen LogP contribution in [0.4, 0.5) is 5.82 Å². The van der Waals surface area contributed by atoms with Crippen LogP contribution in [-0.4, -0.2) is 72.0 Å². The molecule has 0 atom stereocenters. The number of hydrogen-bond donors (Lipinski definition) is 0. The summed E-state index contributed by atoms with van der Waals surface area (Å²) in [6.45, 7) is 4.44. The number of fused-ring (bicyclic) bond motifs is 1. The van der Waals surface area contributed by atoms with E-state index in [2.05, 4.69) is 21.9 Å². The fraction of sp³-hybridized carbons (Fsp3) is 0.615. The fourth-order valence-electron chi connectivity index (χ4n) is 2.72. The minimum atomic E-state index is 0.123. The molecule has 0 aromatic carbocycles. The third-order valence-electron chi connectivity index (χ3n) is 4.02. The van der Waals surface area contributed by atoms with E-state index < -0.39 is 0 Å². The highest BCUT2D eigenvalue weighted by Gasteiger charge is 2.28. The molecule has 0 radical (unpaired) electrons. The van der Waals surface area contributed by atoms with E-state index in [0.717, 1.165) is 44.7 Å². The first-order valence-electron chi connectivity index (χ1n) is 6.98. The number of anilines is 1. The number of aromatic nitrogens is 2. The zero-order valence-electron chi connectivity index (χ0n) is 11.8. The van der Waals surface area contributed by atoms with E-state index >= 15 is 0 Å². The normalized spacial score (nSPS) is 19.0. The van der Waals surface area contributed by atoms with Crippen molar-refractivity contribution >= 4 is 34.9 Å². The lowest BCUT2D eigenvalue weighted by Gasteiger charge is -2.33. The number of halogens is 2. The molecule has 1 aromatic heterocycles. The summed E-state index contributed by atoms with van der Waals surface area (Å²) >= 11 is 11.9. The Bertz CT molecular complexity index is 560. The van der Waals surface area contributed by atoms with Crippen molar-refractivity contribution < 1.29 is 4.79 Å². The summed E-state index contributed by atoms with van der Waals surface area (Å²) in [6.07, 6.45) is 0.751. The average molecular weight is 330 g/mol. The van der Waals surface area contributed by atoms with Crippen molar-refractivity contribution in [2.24, 2.45) is 0 Å². The molecule has 8 heteroatoms. The van der Waals surface area contributed by atoms with Crippen molar-refractivity contribution in [3.8, 4) is 0 Å². The predicted molar refractivity (Wildman–Crippen MR) is 82.0 cm³/mol. The largest absolute Gasteiger partial charge is 0.347 e. The van der Waals surface area contributed by atoms with Crippen molar-refractivity contribution in [2.45, 2.75) is 6.42 Å². The Morgan fingerprint density at radius 2 is 1.86 bits per heavy atom. The predicted octanol–water partition coefficient (Wildman–Crippen LogP) is 0.920. The molecule has 2 aliphatic heterocycles. The lowest BCUT2D eigenvalue weighted by molar-refractivity contribution is -0.131. The average Bonchev–Trinajstić information content (AvgIpc) is 2.83. The van der Waals surface area contributed by atoms with E-state index in [1.807, 2.05) is 9.80 Å². The fourth-order valence-corrected chi connectivity index (χ4v) is 3.19. The van der Waals surface area contributed by atoms with Crippen molar-refractivity contribution in [1.82, 2.24) is 19.8 Å². The zero-order chi connectivity index (χ0) is 15.0. The Hall–Kier alpha value is -1.11. The molecule has 0 aliphatic carbocycles. The molecule has 1 fully saturated rings. The first-order valence-corrected chi connectivity index (χ1v) is 7.73. The quantitative estimate of drug-likeness (QED) is 0.596. The van der Waals surface area contributed by atoms with Gasteiger partial charge in [-0.05, 0) is 25.1 Å². The Morgan fingerprint density at radius 3 is 2.57 bits per heavy atom. The summed E-state index contributed by atoms with van der Waals surface area (Å²) in [6, 6.07) is 0. The molecule has 0 saturated carbocycles. The van der Waals surface area contributed by atoms with E-state index in [0.29, 0.717) is 17.5 Å². The standard InChI is InChI=1S/C13H17Cl2N5O/c1-18-4-6-19(7-5-18)10(21)8-20-3-2-9-11(14)16-13(15)17-12(9)20/h2-8H2,1H3. The molecule has 1 amide bonds. The lowest BCUT2D eigenvalue weighted by Crippen LogP contribution is -2.50. The first kappa shape index (κ1) is 14.8. The van der Waals surface area contributed by atoms with Gasteiger partial charge in [-0.25, -0.2) is 9.97 Å². The maximum absolute atomic E-state index is 12.4. The molecule has 0 unspecified atom stereocenters. The number of rotatable bonds is 2. The molecular formula is C13H17Cl2N5O. The Morgan fingerprint density at radius 1 is 1.14 bits per heavy atom. The molecular weight excluding hydrogens is 313 g/mol. The summed E-state index contributed by atoms with van der Waals surface area (Å²) in [5.74, 6) is 0.823. The van der Waals surface area contributed by atoms with Crippen molar-refractivity contribution in [2.75, 3.05) is 51.2 Å². The van der Waals surface area contributed by atoms with Gasteiger partial charge in [0.15, 0.2) is 0 Å². The van der Waals surface area contributed by atoms with Gasteiger partial charge in [0.2, 0.25) is 11.2 Å². The van der Waals surface area contributed by atoms with Crippen LogP contribution in [0.3, 0.4) is 0 Å². The van der Waals surface area contributed by atoms with Gasteiger partial charge in [0.25, 0.3) is 0 Å². The van der Waals surface area contributed by atoms with E-state index in [9.17, 15) is 4.79 Å². The highest BCUT2D eigenvalue weighted by atomic mass is 35.5. The third-order valence-corrected chi connectivity index (χ3v) is 4.50. The highest BCUT2D eigenvalue weighted by molar-refractivity contribution is 6.32. The smallest absolute Gasteiger partial charge is 0.242 e. The van der Waals surface area contributed by atoms with Crippen LogP contribution in [0.1, 0.15) is 5.56 Å². The molecule has 2 aliphatic rings. The van der Waals surface area contributed by atoms with Gasteiger partial charge in [-0.15, -0.1) is 0 Å². The topological polar surface area (TPSA) is 52.6 Å². The van der Waals surface area contributed by atoms with E-state index in [1.54, 1.807) is 0 Å². The number of hydrogen-bond acceptors (Lipinski definition) is 5. The Labute approximate surface area is 133 Å². The molecule has 6 nitrogen and oxygen atoms in total. The van der Waals surface area contributed by atoms with Gasteiger partial charge in [-0.3, -0.25) is 4.79 Å².